The Kier molecular flexibility index (Phi) is 33.6. The highest BCUT2D eigenvalue weighted by atomic mass is 16.3. The van der Waals surface area contributed by atoms with E-state index in [1.54, 1.807) is 0 Å². The van der Waals surface area contributed by atoms with Gasteiger partial charge in [-0.1, -0.05) is 6.08 Å². The molecule has 1 fully saturated rings. The summed E-state index contributed by atoms with van der Waals surface area (Å²) >= 11 is 0. The lowest BCUT2D eigenvalue weighted by Gasteiger charge is -2.28. The molecule has 1 saturated heterocycles. The van der Waals surface area contributed by atoms with Crippen molar-refractivity contribution in [1.82, 2.24) is 42.1 Å². The number of aliphatic imine (C=N–C) groups is 2. The summed E-state index contributed by atoms with van der Waals surface area (Å²) in [7, 11) is 0. The smallest absolute Gasteiger partial charge is 0.269 e. The molecule has 0 aliphatic carbocycles. The van der Waals surface area contributed by atoms with Crippen LogP contribution in [0.5, 0.6) is 0 Å². The van der Waals surface area contributed by atoms with Crippen molar-refractivity contribution in [3.05, 3.63) is 11.8 Å². The zero-order valence-corrected chi connectivity index (χ0v) is 43.2. The van der Waals surface area contributed by atoms with E-state index in [2.05, 4.69) is 47.2 Å². The Morgan fingerprint density at radius 3 is 1.91 bits per heavy atom. The predicted octanol–water partition coefficient (Wildman–Crippen LogP) is -6.49. The largest absolute Gasteiger partial charge is 0.391 e. The van der Waals surface area contributed by atoms with Crippen LogP contribution < -0.4 is 83.1 Å². The van der Waals surface area contributed by atoms with Crippen LogP contribution in [-0.4, -0.2) is 176 Å². The van der Waals surface area contributed by atoms with E-state index in [0.717, 1.165) is 0 Å². The second-order valence-electron chi connectivity index (χ2n) is 17.8. The van der Waals surface area contributed by atoms with Gasteiger partial charge in [0.1, 0.15) is 41.6 Å². The lowest BCUT2D eigenvalue weighted by atomic mass is 10.0. The van der Waals surface area contributed by atoms with Gasteiger partial charge in [-0.25, -0.2) is 4.99 Å². The molecule has 0 aromatic heterocycles. The summed E-state index contributed by atoms with van der Waals surface area (Å²) < 4.78 is 0. The Morgan fingerprint density at radius 1 is 0.693 bits per heavy atom. The average Bonchev–Trinajstić information content (AvgIpc) is 3.87. The molecule has 1 aliphatic heterocycles. The van der Waals surface area contributed by atoms with Crippen LogP contribution in [0.1, 0.15) is 110 Å². The molecule has 29 nitrogen and oxygen atoms in total. The summed E-state index contributed by atoms with van der Waals surface area (Å²) in [6, 6.07) is -6.17. The van der Waals surface area contributed by atoms with Crippen LogP contribution in [0.25, 0.3) is 0 Å². The van der Waals surface area contributed by atoms with Gasteiger partial charge in [0.15, 0.2) is 5.96 Å². The summed E-state index contributed by atoms with van der Waals surface area (Å²) in [4.78, 5) is 142. The number of aliphatic hydroxyl groups is 1. The Labute approximate surface area is 437 Å². The van der Waals surface area contributed by atoms with E-state index >= 15 is 0 Å². The fraction of sp³-hybridized carbons (Fsp3) is 0.696. The second kappa shape index (κ2) is 38.0. The summed E-state index contributed by atoms with van der Waals surface area (Å²) in [5.41, 5.74) is 43.9. The number of amides is 10. The third-order valence-corrected chi connectivity index (χ3v) is 11.5. The Bertz CT molecular complexity index is 1980. The molecule has 29 heteroatoms. The Morgan fingerprint density at radius 2 is 1.31 bits per heavy atom. The van der Waals surface area contributed by atoms with Crippen molar-refractivity contribution in [2.24, 2.45) is 55.9 Å². The fourth-order valence-corrected chi connectivity index (χ4v) is 7.38. The van der Waals surface area contributed by atoms with E-state index in [-0.39, 0.29) is 108 Å². The Hall–Kier alpha value is -6.66. The minimum Gasteiger partial charge on any atom is -0.391 e. The number of carbonyl (C=O) groups excluding carboxylic acids is 10. The van der Waals surface area contributed by atoms with Crippen molar-refractivity contribution in [2.75, 3.05) is 58.9 Å². The van der Waals surface area contributed by atoms with E-state index in [1.807, 2.05) is 0 Å². The number of guanidine groups is 1. The van der Waals surface area contributed by atoms with E-state index < -0.39 is 102 Å². The van der Waals surface area contributed by atoms with Gasteiger partial charge in [-0.3, -0.25) is 52.9 Å². The third-order valence-electron chi connectivity index (χ3n) is 11.5. The number of aliphatic hydroxyl groups excluding tert-OH is 1. The number of unbranched alkanes of at least 4 members (excludes halogenated alkanes) is 3. The number of primary amides is 1. The number of hydrogen-bond acceptors (Lipinski definition) is 17. The van der Waals surface area contributed by atoms with Crippen LogP contribution in [0, 0.1) is 0 Å². The van der Waals surface area contributed by atoms with E-state index in [9.17, 15) is 53.1 Å². The third kappa shape index (κ3) is 27.4. The van der Waals surface area contributed by atoms with E-state index in [4.69, 9.17) is 45.9 Å². The molecule has 75 heavy (non-hydrogen) atoms. The highest BCUT2D eigenvalue weighted by molar-refractivity contribution is 6.40. The lowest BCUT2D eigenvalue weighted by molar-refractivity contribution is -0.137. The van der Waals surface area contributed by atoms with E-state index in [0.29, 0.717) is 64.6 Å². The first-order valence-electron chi connectivity index (χ1n) is 25.4. The highest BCUT2D eigenvalue weighted by Crippen LogP contribution is 2.20. The van der Waals surface area contributed by atoms with Crippen LogP contribution in [0.4, 0.5) is 0 Å². The van der Waals surface area contributed by atoms with Gasteiger partial charge >= 0.3 is 0 Å². The standard InChI is InChI=1S/C46H84N18O11/c1-28(58-37(67)25-29(65)26-51)39(69)57-27-38(68)59-34(13-8-21-50)45(75)64-24-10-15-35(64)44(74)63-33(16-17-36(52)66)43(73)61-31(12-3-5-19-48)41(71)62-32(14-9-23-56-46(53)54)42(72)60-30(11-2-4-18-47)40(70)55-22-7-6-20-49/h14,28-31,33,35,65H,2-13,15-27,47-51H2,1H3,(H2,52,66)(H,55,70)(H,57,69)(H,58,67)(H,60,72)(H,61,73)(H,62,71)(H,63,74)(H4,53,54,56)/b32-14-,59-34?/t28-,29+,30-,31-,33-,35-/m0/s1. The molecule has 1 aliphatic rings. The number of nitrogens with two attached hydrogens (primary N) is 8. The molecule has 6 atom stereocenters. The number of likely N-dealkylation sites (tertiary alicyclic amines) is 1. The SMILES string of the molecule is C[C@H](NC(=O)C[C@@H](O)CN)C(=O)NCC(=O)N=C(CCCN)C(=O)N1CCC[C@H]1C(=O)N[C@@H](CCC(N)=O)C(=O)N[C@@H](CCCCN)C(=O)N/C(=C\CCN=C(N)N)C(=O)N[C@@H](CCCCN)C(=O)NCCCCN. The van der Waals surface area contributed by atoms with Gasteiger partial charge in [-0.05, 0) is 123 Å². The van der Waals surface area contributed by atoms with Crippen molar-refractivity contribution in [3.8, 4) is 0 Å². The van der Waals surface area contributed by atoms with Crippen LogP contribution in [-0.2, 0) is 47.9 Å². The number of carbonyl (C=O) groups is 10. The van der Waals surface area contributed by atoms with Gasteiger partial charge in [-0.15, -0.1) is 0 Å². The molecule has 0 unspecified atom stereocenters. The van der Waals surface area contributed by atoms with Crippen molar-refractivity contribution in [2.45, 2.75) is 146 Å². The molecule has 0 saturated carbocycles. The molecule has 0 radical (unpaired) electrons. The lowest BCUT2D eigenvalue weighted by Crippen LogP contribution is -2.57. The zero-order chi connectivity index (χ0) is 56.3. The van der Waals surface area contributed by atoms with Crippen LogP contribution >= 0.6 is 0 Å². The van der Waals surface area contributed by atoms with Gasteiger partial charge in [0, 0.05) is 32.6 Å². The molecule has 424 valence electrons. The van der Waals surface area contributed by atoms with Gasteiger partial charge in [0.25, 0.3) is 17.7 Å². The molecular weight excluding hydrogens is 981 g/mol. The predicted molar refractivity (Wildman–Crippen MR) is 279 cm³/mol. The van der Waals surface area contributed by atoms with Crippen molar-refractivity contribution < 1.29 is 53.1 Å². The van der Waals surface area contributed by atoms with Gasteiger partial charge < -0.3 is 93.1 Å². The highest BCUT2D eigenvalue weighted by Gasteiger charge is 2.38. The van der Waals surface area contributed by atoms with Crippen LogP contribution in [0.3, 0.4) is 0 Å². The van der Waals surface area contributed by atoms with Crippen molar-refractivity contribution >= 4 is 70.7 Å². The summed E-state index contributed by atoms with van der Waals surface area (Å²) in [6.07, 6.45) is 3.12. The minimum absolute atomic E-state index is 0.00483. The van der Waals surface area contributed by atoms with Crippen molar-refractivity contribution in [1.29, 1.82) is 0 Å². The first kappa shape index (κ1) is 66.4. The van der Waals surface area contributed by atoms with Crippen LogP contribution in [0.2, 0.25) is 0 Å². The molecule has 0 aromatic rings. The molecule has 0 spiro atoms. The van der Waals surface area contributed by atoms with Gasteiger partial charge in [0.05, 0.1) is 19.1 Å². The minimum atomic E-state index is -1.49. The second-order valence-corrected chi connectivity index (χ2v) is 17.8. The maximum Gasteiger partial charge on any atom is 0.269 e. The summed E-state index contributed by atoms with van der Waals surface area (Å²) in [6.45, 7) is 2.02. The summed E-state index contributed by atoms with van der Waals surface area (Å²) in [5.74, 6) is -8.04. The van der Waals surface area contributed by atoms with Gasteiger partial charge in [-0.2, -0.15) is 0 Å². The molecular formula is C46H84N18O11. The molecule has 0 aromatic carbocycles. The molecule has 0 bridgehead atoms. The van der Waals surface area contributed by atoms with Crippen molar-refractivity contribution in [3.63, 3.8) is 0 Å². The maximum absolute atomic E-state index is 14.2. The monoisotopic (exact) mass is 1060 g/mol. The fourth-order valence-electron chi connectivity index (χ4n) is 7.38. The van der Waals surface area contributed by atoms with Gasteiger partial charge in [0.2, 0.25) is 41.4 Å². The topological polar surface area (TPSA) is 511 Å². The molecule has 1 rings (SSSR count). The molecule has 24 N–H and O–H groups in total. The normalized spacial score (nSPS) is 15.5. The van der Waals surface area contributed by atoms with E-state index in [1.165, 1.54) is 17.9 Å². The molecule has 10 amide bonds. The number of nitrogens with one attached hydrogen (secondary N) is 7. The van der Waals surface area contributed by atoms with Crippen LogP contribution in [0.15, 0.2) is 21.8 Å². The number of hydrogen-bond donors (Lipinski definition) is 16. The first-order valence-corrected chi connectivity index (χ1v) is 25.4. The zero-order valence-electron chi connectivity index (χ0n) is 43.2. The maximum atomic E-state index is 14.2. The summed E-state index contributed by atoms with van der Waals surface area (Å²) in [5, 5.41) is 27.6. The molecule has 1 heterocycles. The number of rotatable bonds is 38. The average molecular weight is 1070 g/mol. The quantitative estimate of drug-likeness (QED) is 0.0118. The number of nitrogens with zero attached hydrogens (tertiary/aromatic N) is 3. The Balaban J connectivity index is 3.43. The first-order chi connectivity index (χ1) is 35.7.